The summed E-state index contributed by atoms with van der Waals surface area (Å²) in [6.07, 6.45) is 0.109. The first-order chi connectivity index (χ1) is 9.08. The molecule has 0 amide bonds. The van der Waals surface area contributed by atoms with Crippen molar-refractivity contribution in [3.8, 4) is 5.75 Å². The van der Waals surface area contributed by atoms with Gasteiger partial charge in [-0.3, -0.25) is 4.55 Å². The largest absolute Gasteiger partial charge is 0.490 e. The molecule has 2 aromatic rings. The fraction of sp³-hybridized carbons (Fsp3) is 0.286. The van der Waals surface area contributed by atoms with E-state index in [0.29, 0.717) is 6.54 Å². The Bertz CT molecular complexity index is 598. The number of fused-ring (bicyclic) bond motifs is 1. The molecule has 0 aliphatic rings. The molecule has 2 aromatic carbocycles. The number of nitrogens with one attached hydrogen (secondary N) is 1. The Kier molecular flexibility index (Phi) is 4.52. The molecule has 0 aliphatic heterocycles. The van der Waals surface area contributed by atoms with Crippen LogP contribution in [0.2, 0.25) is 0 Å². The molecule has 0 bridgehead atoms. The second-order valence-corrected chi connectivity index (χ2v) is 5.29. The maximum Gasteiger partial charge on any atom is 0.232 e. The summed E-state index contributed by atoms with van der Waals surface area (Å²) >= 11 is -2.00. The molecule has 0 heterocycles. The lowest BCUT2D eigenvalue weighted by atomic mass is 10.0. The van der Waals surface area contributed by atoms with Gasteiger partial charge in [-0.1, -0.05) is 30.3 Å². The van der Waals surface area contributed by atoms with Gasteiger partial charge in [-0.15, -0.1) is 0 Å². The van der Waals surface area contributed by atoms with Crippen LogP contribution in [0.4, 0.5) is 0 Å². The summed E-state index contributed by atoms with van der Waals surface area (Å²) in [4.78, 5) is 0. The van der Waals surface area contributed by atoms with Crippen LogP contribution in [0.15, 0.2) is 36.4 Å². The second kappa shape index (κ2) is 6.14. The molecule has 0 radical (unpaired) electrons. The van der Waals surface area contributed by atoms with Gasteiger partial charge >= 0.3 is 0 Å². The molecule has 2 N–H and O–H groups in total. The van der Waals surface area contributed by atoms with Crippen LogP contribution in [0.25, 0.3) is 10.8 Å². The predicted octanol–water partition coefficient (Wildman–Crippen LogP) is 2.85. The first-order valence-electron chi connectivity index (χ1n) is 6.09. The third-order valence-corrected chi connectivity index (χ3v) is 3.11. The third kappa shape index (κ3) is 3.53. The van der Waals surface area contributed by atoms with Crippen molar-refractivity contribution in [1.82, 2.24) is 4.72 Å². The average Bonchev–Trinajstić information content (AvgIpc) is 2.37. The van der Waals surface area contributed by atoms with Crippen LogP contribution in [0, 0.1) is 0 Å². The maximum absolute atomic E-state index is 10.7. The van der Waals surface area contributed by atoms with Crippen molar-refractivity contribution < 1.29 is 13.5 Å². The summed E-state index contributed by atoms with van der Waals surface area (Å²) in [7, 11) is 0. The van der Waals surface area contributed by atoms with E-state index in [-0.39, 0.29) is 6.10 Å². The molecular formula is C14H17NO3S. The zero-order valence-corrected chi connectivity index (χ0v) is 11.7. The number of hydrogen-bond donors (Lipinski definition) is 2. The van der Waals surface area contributed by atoms with Crippen molar-refractivity contribution in [2.75, 3.05) is 0 Å². The van der Waals surface area contributed by atoms with Gasteiger partial charge in [0.25, 0.3) is 0 Å². The van der Waals surface area contributed by atoms with Gasteiger partial charge in [0, 0.05) is 11.9 Å². The molecule has 1 unspecified atom stereocenters. The van der Waals surface area contributed by atoms with Gasteiger partial charge < -0.3 is 4.74 Å². The van der Waals surface area contributed by atoms with E-state index in [9.17, 15) is 4.21 Å². The van der Waals surface area contributed by atoms with E-state index in [2.05, 4.69) is 4.72 Å². The average molecular weight is 279 g/mol. The molecule has 1 atom stereocenters. The van der Waals surface area contributed by atoms with Crippen molar-refractivity contribution >= 4 is 22.0 Å². The summed E-state index contributed by atoms with van der Waals surface area (Å²) in [6.45, 7) is 4.31. The Morgan fingerprint density at radius 2 is 1.89 bits per heavy atom. The minimum atomic E-state index is -2.00. The quantitative estimate of drug-likeness (QED) is 0.827. The highest BCUT2D eigenvalue weighted by atomic mass is 32.2. The van der Waals surface area contributed by atoms with E-state index in [1.54, 1.807) is 0 Å². The van der Waals surface area contributed by atoms with E-state index in [1.807, 2.05) is 50.2 Å². The molecule has 102 valence electrons. The van der Waals surface area contributed by atoms with E-state index in [4.69, 9.17) is 9.29 Å². The van der Waals surface area contributed by atoms with Crippen molar-refractivity contribution in [2.24, 2.45) is 0 Å². The monoisotopic (exact) mass is 279 g/mol. The highest BCUT2D eigenvalue weighted by Crippen LogP contribution is 2.29. The molecule has 19 heavy (non-hydrogen) atoms. The third-order valence-electron chi connectivity index (χ3n) is 2.72. The fourth-order valence-electron chi connectivity index (χ4n) is 1.98. The van der Waals surface area contributed by atoms with E-state index < -0.39 is 11.3 Å². The lowest BCUT2D eigenvalue weighted by molar-refractivity contribution is 0.245. The fourth-order valence-corrected chi connectivity index (χ4v) is 2.26. The SMILES string of the molecule is CC(C)Oc1ccc(CNS(=O)O)c2ccccc12. The molecule has 0 saturated heterocycles. The number of hydrogen-bond acceptors (Lipinski definition) is 2. The van der Waals surface area contributed by atoms with Crippen molar-refractivity contribution in [2.45, 2.75) is 26.5 Å². The Hall–Kier alpha value is -1.43. The smallest absolute Gasteiger partial charge is 0.232 e. The van der Waals surface area contributed by atoms with Gasteiger partial charge in [0.15, 0.2) is 0 Å². The zero-order chi connectivity index (χ0) is 13.8. The molecular weight excluding hydrogens is 262 g/mol. The molecule has 0 spiro atoms. The Balaban J connectivity index is 2.42. The first-order valence-corrected chi connectivity index (χ1v) is 7.20. The minimum absolute atomic E-state index is 0.109. The van der Waals surface area contributed by atoms with Gasteiger partial charge in [-0.2, -0.15) is 0 Å². The normalized spacial score (nSPS) is 12.8. The molecule has 0 aliphatic carbocycles. The summed E-state index contributed by atoms with van der Waals surface area (Å²) in [5.41, 5.74) is 0.967. The molecule has 0 saturated carbocycles. The predicted molar refractivity (Wildman–Crippen MR) is 77.3 cm³/mol. The highest BCUT2D eigenvalue weighted by Gasteiger charge is 2.08. The lowest BCUT2D eigenvalue weighted by Gasteiger charge is -2.14. The van der Waals surface area contributed by atoms with Crippen LogP contribution in [0.1, 0.15) is 19.4 Å². The van der Waals surface area contributed by atoms with Gasteiger partial charge in [-0.25, -0.2) is 8.93 Å². The van der Waals surface area contributed by atoms with Crippen molar-refractivity contribution in [3.05, 3.63) is 42.0 Å². The van der Waals surface area contributed by atoms with Gasteiger partial charge in [-0.05, 0) is 30.9 Å². The minimum Gasteiger partial charge on any atom is -0.490 e. The maximum atomic E-state index is 10.7. The van der Waals surface area contributed by atoms with Crippen LogP contribution in [-0.4, -0.2) is 14.9 Å². The van der Waals surface area contributed by atoms with Crippen LogP contribution >= 0.6 is 0 Å². The van der Waals surface area contributed by atoms with E-state index in [0.717, 1.165) is 22.1 Å². The zero-order valence-electron chi connectivity index (χ0n) is 10.9. The van der Waals surface area contributed by atoms with Gasteiger partial charge in [0.1, 0.15) is 5.75 Å². The lowest BCUT2D eigenvalue weighted by Crippen LogP contribution is -2.15. The summed E-state index contributed by atoms with van der Waals surface area (Å²) in [5.74, 6) is 0.833. The van der Waals surface area contributed by atoms with Crippen LogP contribution in [-0.2, 0) is 17.8 Å². The molecule has 0 aromatic heterocycles. The van der Waals surface area contributed by atoms with Crippen molar-refractivity contribution in [1.29, 1.82) is 0 Å². The van der Waals surface area contributed by atoms with Crippen LogP contribution in [0.3, 0.4) is 0 Å². The summed E-state index contributed by atoms with van der Waals surface area (Å²) in [5, 5.41) is 2.04. The van der Waals surface area contributed by atoms with E-state index in [1.165, 1.54) is 0 Å². The standard InChI is InChI=1S/C14H17NO3S/c1-10(2)18-14-8-7-11(9-15-19(16)17)12-5-3-4-6-13(12)14/h3-8,10,15H,9H2,1-2H3,(H,16,17). The topological polar surface area (TPSA) is 58.6 Å². The summed E-state index contributed by atoms with van der Waals surface area (Å²) in [6, 6.07) is 11.7. The highest BCUT2D eigenvalue weighted by molar-refractivity contribution is 7.77. The number of ether oxygens (including phenoxy) is 1. The van der Waals surface area contributed by atoms with Crippen molar-refractivity contribution in [3.63, 3.8) is 0 Å². The number of benzene rings is 2. The molecule has 4 nitrogen and oxygen atoms in total. The van der Waals surface area contributed by atoms with Gasteiger partial charge in [0.2, 0.25) is 11.3 Å². The first kappa shape index (κ1) is 14.0. The second-order valence-electron chi connectivity index (χ2n) is 4.51. The molecule has 5 heteroatoms. The van der Waals surface area contributed by atoms with Crippen LogP contribution in [0.5, 0.6) is 5.75 Å². The van der Waals surface area contributed by atoms with Crippen LogP contribution < -0.4 is 9.46 Å². The summed E-state index contributed by atoms with van der Waals surface area (Å²) < 4.78 is 27.8. The van der Waals surface area contributed by atoms with E-state index >= 15 is 0 Å². The van der Waals surface area contributed by atoms with Gasteiger partial charge in [0.05, 0.1) is 6.10 Å². The Labute approximate surface area is 115 Å². The molecule has 0 fully saturated rings. The Morgan fingerprint density at radius 1 is 1.21 bits per heavy atom. The molecule has 2 rings (SSSR count). The number of rotatable bonds is 5. The Morgan fingerprint density at radius 3 is 2.53 bits per heavy atom.